The van der Waals surface area contributed by atoms with Gasteiger partial charge in [0.25, 0.3) is 5.91 Å². The first-order chi connectivity index (χ1) is 9.95. The van der Waals surface area contributed by atoms with E-state index in [9.17, 15) is 4.79 Å². The molecule has 0 fully saturated rings. The quantitative estimate of drug-likeness (QED) is 0.798. The third-order valence-electron chi connectivity index (χ3n) is 3.28. The van der Waals surface area contributed by atoms with Crippen LogP contribution in [0, 0.1) is 13.8 Å². The largest absolute Gasteiger partial charge is 0.333 e. The average Bonchev–Trinajstić information content (AvgIpc) is 3.09. The highest BCUT2D eigenvalue weighted by molar-refractivity contribution is 7.20. The zero-order valence-corrected chi connectivity index (χ0v) is 13.2. The first-order valence-corrected chi connectivity index (χ1v) is 7.34. The number of nitrogens with zero attached hydrogens (tertiary/aromatic N) is 5. The first kappa shape index (κ1) is 13.7. The summed E-state index contributed by atoms with van der Waals surface area (Å²) in [6.45, 7) is 4.16. The lowest BCUT2D eigenvalue weighted by Crippen LogP contribution is -2.26. The molecule has 0 spiro atoms. The van der Waals surface area contributed by atoms with Crippen LogP contribution < -0.4 is 0 Å². The molecular weight excluding hydrogens is 288 g/mol. The molecule has 3 aromatic heterocycles. The van der Waals surface area contributed by atoms with Crippen molar-refractivity contribution in [3.63, 3.8) is 0 Å². The van der Waals surface area contributed by atoms with Gasteiger partial charge in [0, 0.05) is 19.5 Å². The van der Waals surface area contributed by atoms with Gasteiger partial charge >= 0.3 is 0 Å². The molecule has 8 heteroatoms. The van der Waals surface area contributed by atoms with Crippen molar-refractivity contribution in [3.05, 3.63) is 28.3 Å². The number of thiophene rings is 1. The number of amides is 1. The minimum atomic E-state index is -0.0296. The second-order valence-electron chi connectivity index (χ2n) is 5.04. The molecule has 1 amide bonds. The highest BCUT2D eigenvalue weighted by atomic mass is 32.1. The third-order valence-corrected chi connectivity index (χ3v) is 4.47. The van der Waals surface area contributed by atoms with E-state index >= 15 is 0 Å². The summed E-state index contributed by atoms with van der Waals surface area (Å²) < 4.78 is 1.81. The molecule has 0 aromatic carbocycles. The maximum absolute atomic E-state index is 12.5. The van der Waals surface area contributed by atoms with Gasteiger partial charge in [-0.1, -0.05) is 0 Å². The van der Waals surface area contributed by atoms with Crippen LogP contribution in [0.3, 0.4) is 0 Å². The van der Waals surface area contributed by atoms with Gasteiger partial charge in [0.15, 0.2) is 5.82 Å². The number of carbonyl (C=O) groups is 1. The summed E-state index contributed by atoms with van der Waals surface area (Å²) in [7, 11) is 3.64. The number of aromatic amines is 1. The molecule has 7 nitrogen and oxygen atoms in total. The van der Waals surface area contributed by atoms with Gasteiger partial charge in [0.2, 0.25) is 0 Å². The lowest BCUT2D eigenvalue weighted by molar-refractivity contribution is 0.0786. The molecule has 0 unspecified atom stereocenters. The van der Waals surface area contributed by atoms with Crippen molar-refractivity contribution >= 4 is 27.5 Å². The second kappa shape index (κ2) is 4.96. The summed E-state index contributed by atoms with van der Waals surface area (Å²) in [6.07, 6.45) is 0. The average molecular weight is 304 g/mol. The highest BCUT2D eigenvalue weighted by Gasteiger charge is 2.19. The molecule has 3 aromatic rings. The van der Waals surface area contributed by atoms with E-state index in [1.807, 2.05) is 31.6 Å². The Balaban J connectivity index is 1.84. The van der Waals surface area contributed by atoms with Crippen LogP contribution in [0.15, 0.2) is 6.07 Å². The number of rotatable bonds is 3. The standard InChI is InChI=1S/C13H16N6OS/c1-7-9-5-10(21-13(9)19(4)17-7)12(20)18(3)6-11-14-8(2)15-16-11/h5H,6H2,1-4H3,(H,14,15,16). The lowest BCUT2D eigenvalue weighted by atomic mass is 10.3. The van der Waals surface area contributed by atoms with Crippen LogP contribution in [0.4, 0.5) is 0 Å². The summed E-state index contributed by atoms with van der Waals surface area (Å²) in [5, 5.41) is 12.2. The minimum Gasteiger partial charge on any atom is -0.333 e. The van der Waals surface area contributed by atoms with Crippen LogP contribution in [-0.2, 0) is 13.6 Å². The molecule has 0 radical (unpaired) electrons. The van der Waals surface area contributed by atoms with Gasteiger partial charge in [0.05, 0.1) is 17.1 Å². The Morgan fingerprint density at radius 2 is 2.24 bits per heavy atom. The van der Waals surface area contributed by atoms with Crippen LogP contribution in [0.5, 0.6) is 0 Å². The van der Waals surface area contributed by atoms with Crippen molar-refractivity contribution < 1.29 is 4.79 Å². The van der Waals surface area contributed by atoms with Crippen LogP contribution in [0.25, 0.3) is 10.2 Å². The number of fused-ring (bicyclic) bond motifs is 1. The molecule has 0 aliphatic carbocycles. The number of hydrogen-bond donors (Lipinski definition) is 1. The third kappa shape index (κ3) is 2.42. The summed E-state index contributed by atoms with van der Waals surface area (Å²) in [4.78, 5) is 20.0. The molecule has 0 bridgehead atoms. The fourth-order valence-electron chi connectivity index (χ4n) is 2.24. The molecular formula is C13H16N6OS. The van der Waals surface area contributed by atoms with Gasteiger partial charge in [-0.15, -0.1) is 11.3 Å². The molecule has 110 valence electrons. The van der Waals surface area contributed by atoms with E-state index in [1.54, 1.807) is 11.9 Å². The summed E-state index contributed by atoms with van der Waals surface area (Å²) in [6, 6.07) is 1.91. The first-order valence-electron chi connectivity index (χ1n) is 6.52. The van der Waals surface area contributed by atoms with E-state index in [1.165, 1.54) is 11.3 Å². The van der Waals surface area contributed by atoms with Crippen molar-refractivity contribution in [1.29, 1.82) is 0 Å². The number of aromatic nitrogens is 5. The zero-order chi connectivity index (χ0) is 15.1. The molecule has 3 heterocycles. The van der Waals surface area contributed by atoms with E-state index in [0.717, 1.165) is 21.7 Å². The van der Waals surface area contributed by atoms with Gasteiger partial charge in [-0.25, -0.2) is 4.98 Å². The maximum atomic E-state index is 12.5. The summed E-state index contributed by atoms with van der Waals surface area (Å²) >= 11 is 1.46. The molecule has 0 aliphatic rings. The molecule has 0 atom stereocenters. The molecule has 0 saturated carbocycles. The minimum absolute atomic E-state index is 0.0296. The van der Waals surface area contributed by atoms with Crippen LogP contribution in [0.2, 0.25) is 0 Å². The SMILES string of the molecule is Cc1nc(CN(C)C(=O)c2cc3c(C)nn(C)c3s2)n[nH]1. The fourth-order valence-corrected chi connectivity index (χ4v) is 3.36. The van der Waals surface area contributed by atoms with Crippen molar-refractivity contribution in [2.45, 2.75) is 20.4 Å². The van der Waals surface area contributed by atoms with Gasteiger partial charge in [0.1, 0.15) is 10.7 Å². The van der Waals surface area contributed by atoms with Crippen molar-refractivity contribution in [3.8, 4) is 0 Å². The Morgan fingerprint density at radius 3 is 2.86 bits per heavy atom. The number of H-pyrrole nitrogens is 1. The monoisotopic (exact) mass is 304 g/mol. The molecule has 0 saturated heterocycles. The molecule has 1 N–H and O–H groups in total. The highest BCUT2D eigenvalue weighted by Crippen LogP contribution is 2.28. The van der Waals surface area contributed by atoms with Crippen LogP contribution >= 0.6 is 11.3 Å². The van der Waals surface area contributed by atoms with Gasteiger partial charge in [-0.05, 0) is 19.9 Å². The van der Waals surface area contributed by atoms with E-state index in [4.69, 9.17) is 0 Å². The van der Waals surface area contributed by atoms with Crippen molar-refractivity contribution in [2.75, 3.05) is 7.05 Å². The summed E-state index contributed by atoms with van der Waals surface area (Å²) in [5.41, 5.74) is 0.940. The van der Waals surface area contributed by atoms with Gasteiger partial charge in [-0.3, -0.25) is 14.6 Å². The second-order valence-corrected chi connectivity index (χ2v) is 6.07. The maximum Gasteiger partial charge on any atom is 0.264 e. The Morgan fingerprint density at radius 1 is 1.48 bits per heavy atom. The normalized spacial score (nSPS) is 11.2. The Hall–Kier alpha value is -2.22. The number of hydrogen-bond acceptors (Lipinski definition) is 5. The van der Waals surface area contributed by atoms with Crippen LogP contribution in [0.1, 0.15) is 27.0 Å². The predicted molar refractivity (Wildman–Crippen MR) is 80.2 cm³/mol. The van der Waals surface area contributed by atoms with Crippen LogP contribution in [-0.4, -0.2) is 42.8 Å². The number of aryl methyl sites for hydroxylation is 3. The molecule has 0 aliphatic heterocycles. The molecule has 3 rings (SSSR count). The Labute approximate surface area is 125 Å². The lowest BCUT2D eigenvalue weighted by Gasteiger charge is -2.13. The smallest absolute Gasteiger partial charge is 0.264 e. The molecule has 21 heavy (non-hydrogen) atoms. The van der Waals surface area contributed by atoms with E-state index in [2.05, 4.69) is 20.3 Å². The van der Waals surface area contributed by atoms with E-state index in [-0.39, 0.29) is 5.91 Å². The zero-order valence-electron chi connectivity index (χ0n) is 12.3. The number of nitrogens with one attached hydrogen (secondary N) is 1. The predicted octanol–water partition coefficient (Wildman–Crippen LogP) is 1.64. The van der Waals surface area contributed by atoms with E-state index < -0.39 is 0 Å². The van der Waals surface area contributed by atoms with Crippen molar-refractivity contribution in [1.82, 2.24) is 29.9 Å². The number of carbonyl (C=O) groups excluding carboxylic acids is 1. The Kier molecular flexibility index (Phi) is 3.25. The van der Waals surface area contributed by atoms with Gasteiger partial charge < -0.3 is 4.90 Å². The van der Waals surface area contributed by atoms with Crippen molar-refractivity contribution in [2.24, 2.45) is 7.05 Å². The Bertz CT molecular complexity index is 779. The van der Waals surface area contributed by atoms with E-state index in [0.29, 0.717) is 17.2 Å². The topological polar surface area (TPSA) is 79.7 Å². The van der Waals surface area contributed by atoms with Gasteiger partial charge in [-0.2, -0.15) is 10.2 Å². The fraction of sp³-hybridized carbons (Fsp3) is 0.385. The summed E-state index contributed by atoms with van der Waals surface area (Å²) in [5.74, 6) is 1.33.